The number of hydrogen-bond donors (Lipinski definition) is 0. The van der Waals surface area contributed by atoms with Gasteiger partial charge in [0.15, 0.2) is 0 Å². The topological polar surface area (TPSA) is 82.9 Å². The lowest BCUT2D eigenvalue weighted by Crippen LogP contribution is -2.41. The summed E-state index contributed by atoms with van der Waals surface area (Å²) in [5, 5.41) is 4.21. The molecule has 0 bridgehead atoms. The van der Waals surface area contributed by atoms with Crippen molar-refractivity contribution in [1.82, 2.24) is 19.3 Å². The highest BCUT2D eigenvalue weighted by Gasteiger charge is 2.30. The molecule has 166 valence electrons. The highest BCUT2D eigenvalue weighted by molar-refractivity contribution is 5.77. The first kappa shape index (κ1) is 21.5. The monoisotopic (exact) mass is 444 g/mol. The summed E-state index contributed by atoms with van der Waals surface area (Å²) in [6.45, 7) is 3.97. The summed E-state index contributed by atoms with van der Waals surface area (Å²) in [5.74, 6) is 0.258. The Morgan fingerprint density at radius 1 is 1.00 bits per heavy atom. The van der Waals surface area contributed by atoms with E-state index in [1.165, 1.54) is 21.3 Å². The number of benzene rings is 2. The van der Waals surface area contributed by atoms with Gasteiger partial charge in [-0.1, -0.05) is 43.3 Å². The van der Waals surface area contributed by atoms with Gasteiger partial charge in [-0.2, -0.15) is 18.2 Å². The van der Waals surface area contributed by atoms with Crippen LogP contribution in [0.2, 0.25) is 0 Å². The van der Waals surface area contributed by atoms with Crippen molar-refractivity contribution in [3.05, 3.63) is 80.8 Å². The molecule has 0 spiro atoms. The first-order valence-electron chi connectivity index (χ1n) is 9.87. The van der Waals surface area contributed by atoms with Crippen LogP contribution in [0.15, 0.2) is 62.6 Å². The quantitative estimate of drug-likeness (QED) is 0.466. The van der Waals surface area contributed by atoms with Crippen LogP contribution in [-0.4, -0.2) is 19.3 Å². The van der Waals surface area contributed by atoms with E-state index in [-0.39, 0.29) is 36.3 Å². The first-order chi connectivity index (χ1) is 15.1. The maximum Gasteiger partial charge on any atom is 0.416 e. The van der Waals surface area contributed by atoms with Gasteiger partial charge in [-0.3, -0.25) is 13.9 Å². The summed E-state index contributed by atoms with van der Waals surface area (Å²) in [6.07, 6.45) is -4.44. The van der Waals surface area contributed by atoms with Crippen molar-refractivity contribution in [2.45, 2.75) is 33.1 Å². The molecular weight excluding hydrogens is 425 g/mol. The average molecular weight is 444 g/mol. The third-order valence-electron chi connectivity index (χ3n) is 4.91. The zero-order chi connectivity index (χ0) is 23.0. The Hall–Kier alpha value is -3.69. The second kappa shape index (κ2) is 8.10. The van der Waals surface area contributed by atoms with E-state index >= 15 is 0 Å². The number of rotatable bonds is 5. The van der Waals surface area contributed by atoms with Crippen LogP contribution in [0.1, 0.15) is 25.3 Å². The Bertz CT molecular complexity index is 1380. The summed E-state index contributed by atoms with van der Waals surface area (Å²) in [6, 6.07) is 11.1. The summed E-state index contributed by atoms with van der Waals surface area (Å²) in [7, 11) is 0. The molecule has 10 heteroatoms. The van der Waals surface area contributed by atoms with Crippen molar-refractivity contribution in [3.8, 4) is 11.4 Å². The van der Waals surface area contributed by atoms with Crippen molar-refractivity contribution in [2.75, 3.05) is 0 Å². The van der Waals surface area contributed by atoms with Gasteiger partial charge in [-0.15, -0.1) is 0 Å². The Morgan fingerprint density at radius 2 is 1.69 bits per heavy atom. The second-order valence-electron chi connectivity index (χ2n) is 7.78. The number of fused-ring (bicyclic) bond motifs is 1. The van der Waals surface area contributed by atoms with Crippen molar-refractivity contribution >= 4 is 10.9 Å². The van der Waals surface area contributed by atoms with E-state index in [0.717, 1.165) is 12.1 Å². The first-order valence-corrected chi connectivity index (χ1v) is 9.87. The molecule has 0 aliphatic heterocycles. The van der Waals surface area contributed by atoms with Gasteiger partial charge in [-0.25, -0.2) is 4.79 Å². The Balaban J connectivity index is 1.73. The molecule has 0 fully saturated rings. The van der Waals surface area contributed by atoms with Gasteiger partial charge in [0.05, 0.1) is 16.5 Å². The second-order valence-corrected chi connectivity index (χ2v) is 7.78. The lowest BCUT2D eigenvalue weighted by molar-refractivity contribution is -0.137. The minimum Gasteiger partial charge on any atom is -0.337 e. The molecule has 2 aromatic heterocycles. The molecule has 32 heavy (non-hydrogen) atoms. The van der Waals surface area contributed by atoms with E-state index in [9.17, 15) is 22.8 Å². The standard InChI is InChI=1S/C22H19F3N4O3/c1-13(2)11-29-20(30)16-5-3-4-6-17(16)28(21(29)31)12-18-26-19(27-32-18)14-7-9-15(10-8-14)22(23,24)25/h3-10,13H,11-12H2,1-2H3. The largest absolute Gasteiger partial charge is 0.416 e. The van der Waals surface area contributed by atoms with Gasteiger partial charge in [0, 0.05) is 12.1 Å². The van der Waals surface area contributed by atoms with Crippen LogP contribution in [0, 0.1) is 5.92 Å². The van der Waals surface area contributed by atoms with Gasteiger partial charge in [0.25, 0.3) is 5.56 Å². The lowest BCUT2D eigenvalue weighted by atomic mass is 10.1. The van der Waals surface area contributed by atoms with Crippen molar-refractivity contribution < 1.29 is 17.7 Å². The lowest BCUT2D eigenvalue weighted by Gasteiger charge is -2.14. The van der Waals surface area contributed by atoms with Crippen LogP contribution in [-0.2, 0) is 19.3 Å². The minimum absolute atomic E-state index is 0.0738. The molecule has 0 N–H and O–H groups in total. The van der Waals surface area contributed by atoms with Crippen LogP contribution < -0.4 is 11.2 Å². The molecular formula is C22H19F3N4O3. The third kappa shape index (κ3) is 4.08. The van der Waals surface area contributed by atoms with E-state index in [2.05, 4.69) is 10.1 Å². The number of nitrogens with zero attached hydrogens (tertiary/aromatic N) is 4. The summed E-state index contributed by atoms with van der Waals surface area (Å²) in [4.78, 5) is 30.1. The summed E-state index contributed by atoms with van der Waals surface area (Å²) in [5.41, 5.74) is -0.884. The van der Waals surface area contributed by atoms with Crippen molar-refractivity contribution in [1.29, 1.82) is 0 Å². The van der Waals surface area contributed by atoms with Gasteiger partial charge in [0.2, 0.25) is 11.7 Å². The highest BCUT2D eigenvalue weighted by Crippen LogP contribution is 2.30. The molecule has 0 saturated carbocycles. The fourth-order valence-electron chi connectivity index (χ4n) is 3.43. The van der Waals surface area contributed by atoms with E-state index in [1.54, 1.807) is 24.3 Å². The molecule has 4 aromatic rings. The number of alkyl halides is 3. The molecule has 2 aromatic carbocycles. The number of para-hydroxylation sites is 1. The maximum absolute atomic E-state index is 13.1. The zero-order valence-electron chi connectivity index (χ0n) is 17.3. The molecule has 2 heterocycles. The predicted octanol–water partition coefficient (Wildman–Crippen LogP) is 3.94. The van der Waals surface area contributed by atoms with Crippen LogP contribution >= 0.6 is 0 Å². The fourth-order valence-corrected chi connectivity index (χ4v) is 3.43. The molecule has 0 atom stereocenters. The molecule has 0 radical (unpaired) electrons. The number of halogens is 3. The van der Waals surface area contributed by atoms with E-state index < -0.39 is 17.4 Å². The Labute approximate surface area is 179 Å². The van der Waals surface area contributed by atoms with Crippen molar-refractivity contribution in [3.63, 3.8) is 0 Å². The molecule has 0 saturated heterocycles. The van der Waals surface area contributed by atoms with E-state index in [1.807, 2.05) is 13.8 Å². The average Bonchev–Trinajstić information content (AvgIpc) is 3.22. The third-order valence-corrected chi connectivity index (χ3v) is 4.91. The zero-order valence-corrected chi connectivity index (χ0v) is 17.3. The number of aromatic nitrogens is 4. The van der Waals surface area contributed by atoms with Gasteiger partial charge >= 0.3 is 11.9 Å². The van der Waals surface area contributed by atoms with E-state index in [0.29, 0.717) is 16.5 Å². The maximum atomic E-state index is 13.1. The highest BCUT2D eigenvalue weighted by atomic mass is 19.4. The SMILES string of the molecule is CC(C)Cn1c(=O)c2ccccc2n(Cc2nc(-c3ccc(C(F)(F)F)cc3)no2)c1=O. The summed E-state index contributed by atoms with van der Waals surface area (Å²) >= 11 is 0. The molecule has 0 aliphatic rings. The van der Waals surface area contributed by atoms with Crippen LogP contribution in [0.3, 0.4) is 0 Å². The number of hydrogen-bond acceptors (Lipinski definition) is 5. The van der Waals surface area contributed by atoms with Crippen LogP contribution in [0.25, 0.3) is 22.3 Å². The van der Waals surface area contributed by atoms with Crippen LogP contribution in [0.4, 0.5) is 13.2 Å². The molecule has 0 aliphatic carbocycles. The summed E-state index contributed by atoms with van der Waals surface area (Å²) < 4.78 is 46.1. The fraction of sp³-hybridized carbons (Fsp3) is 0.273. The molecule has 0 amide bonds. The predicted molar refractivity (Wildman–Crippen MR) is 111 cm³/mol. The minimum atomic E-state index is -4.44. The van der Waals surface area contributed by atoms with Gasteiger partial charge < -0.3 is 4.52 Å². The van der Waals surface area contributed by atoms with E-state index in [4.69, 9.17) is 4.52 Å². The smallest absolute Gasteiger partial charge is 0.337 e. The molecule has 0 unspecified atom stereocenters. The van der Waals surface area contributed by atoms with Crippen molar-refractivity contribution in [2.24, 2.45) is 5.92 Å². The Kier molecular flexibility index (Phi) is 5.45. The molecule has 7 nitrogen and oxygen atoms in total. The Morgan fingerprint density at radius 3 is 2.34 bits per heavy atom. The van der Waals surface area contributed by atoms with Gasteiger partial charge in [-0.05, 0) is 30.2 Å². The van der Waals surface area contributed by atoms with Crippen LogP contribution in [0.5, 0.6) is 0 Å². The normalized spacial score (nSPS) is 12.1. The van der Waals surface area contributed by atoms with Gasteiger partial charge in [0.1, 0.15) is 6.54 Å². The molecule has 4 rings (SSSR count).